The van der Waals surface area contributed by atoms with Gasteiger partial charge in [-0.3, -0.25) is 0 Å². The monoisotopic (exact) mass is 846 g/mol. The fourth-order valence-corrected chi connectivity index (χ4v) is 10.4. The maximum atomic E-state index is 13.9. The van der Waals surface area contributed by atoms with Crippen LogP contribution in [0.25, 0.3) is 44.6 Å². The molecule has 0 fully saturated rings. The number of hydrogen-bond donors (Lipinski definition) is 2. The lowest BCUT2D eigenvalue weighted by Crippen LogP contribution is -2.27. The first kappa shape index (κ1) is 40.6. The van der Waals surface area contributed by atoms with E-state index in [1.54, 1.807) is 0 Å². The van der Waals surface area contributed by atoms with Crippen LogP contribution in [0, 0.1) is 0 Å². The third kappa shape index (κ3) is 6.75. The van der Waals surface area contributed by atoms with Gasteiger partial charge >= 0.3 is 0 Å². The third-order valence-corrected chi connectivity index (χ3v) is 13.2. The van der Waals surface area contributed by atoms with Crippen molar-refractivity contribution in [3.8, 4) is 0 Å². The molecular formula is C64H46O2. The molecule has 9 aromatic carbocycles. The zero-order chi connectivity index (χ0) is 44.5. The third-order valence-electron chi connectivity index (χ3n) is 13.2. The van der Waals surface area contributed by atoms with E-state index >= 15 is 0 Å². The highest BCUT2D eigenvalue weighted by Crippen LogP contribution is 2.63. The number of hydrogen-bond acceptors (Lipinski definition) is 2. The summed E-state index contributed by atoms with van der Waals surface area (Å²) in [5.74, 6) is 0. The van der Waals surface area contributed by atoms with E-state index < -0.39 is 11.2 Å². The van der Waals surface area contributed by atoms with Gasteiger partial charge in [0.25, 0.3) is 0 Å². The van der Waals surface area contributed by atoms with Crippen LogP contribution in [0.1, 0.15) is 55.6 Å². The SMILES string of the molecule is OC1(c2ccccc2)C(c2ccccc2)=C(c2ccccc2)C(c2ccc(C3=C(c4ccccc4)C(O)(c4ccccc4)C(c4ccccc4)=C3c3ccccc3)cc2)=C1c1ccccc1. The maximum Gasteiger partial charge on any atom is 0.142 e. The second kappa shape index (κ2) is 17.1. The van der Waals surface area contributed by atoms with Gasteiger partial charge < -0.3 is 10.2 Å². The zero-order valence-electron chi connectivity index (χ0n) is 36.3. The second-order valence-electron chi connectivity index (χ2n) is 16.9. The van der Waals surface area contributed by atoms with Gasteiger partial charge in [-0.2, -0.15) is 0 Å². The number of aliphatic hydroxyl groups is 2. The van der Waals surface area contributed by atoms with E-state index in [-0.39, 0.29) is 0 Å². The van der Waals surface area contributed by atoms with Crippen molar-refractivity contribution < 1.29 is 10.2 Å². The highest BCUT2D eigenvalue weighted by Gasteiger charge is 2.50. The molecule has 9 aromatic rings. The van der Waals surface area contributed by atoms with E-state index in [0.717, 1.165) is 100 Å². The molecule has 0 saturated heterocycles. The Labute approximate surface area is 386 Å². The fourth-order valence-electron chi connectivity index (χ4n) is 10.4. The van der Waals surface area contributed by atoms with Gasteiger partial charge in [-0.15, -0.1) is 0 Å². The van der Waals surface area contributed by atoms with E-state index in [0.29, 0.717) is 0 Å². The summed E-state index contributed by atoms with van der Waals surface area (Å²) in [5, 5.41) is 27.9. The molecule has 2 nitrogen and oxygen atoms in total. The lowest BCUT2D eigenvalue weighted by atomic mass is 9.76. The molecule has 66 heavy (non-hydrogen) atoms. The molecule has 2 heteroatoms. The summed E-state index contributed by atoms with van der Waals surface area (Å²) in [7, 11) is 0. The van der Waals surface area contributed by atoms with Crippen LogP contribution in [0.2, 0.25) is 0 Å². The van der Waals surface area contributed by atoms with Gasteiger partial charge in [-0.1, -0.05) is 267 Å². The van der Waals surface area contributed by atoms with Gasteiger partial charge in [0.1, 0.15) is 11.2 Å². The first-order valence-corrected chi connectivity index (χ1v) is 22.6. The summed E-state index contributed by atoms with van der Waals surface area (Å²) in [5.41, 5.74) is 13.4. The normalized spacial score (nSPS) is 18.3. The number of benzene rings is 9. The van der Waals surface area contributed by atoms with Crippen LogP contribution in [0.3, 0.4) is 0 Å². The lowest BCUT2D eigenvalue weighted by molar-refractivity contribution is 0.167. The minimum absolute atomic E-state index is 0.789. The van der Waals surface area contributed by atoms with Gasteiger partial charge in [0.15, 0.2) is 0 Å². The van der Waals surface area contributed by atoms with E-state index in [9.17, 15) is 10.2 Å². The lowest BCUT2D eigenvalue weighted by Gasteiger charge is -2.32. The molecular weight excluding hydrogens is 801 g/mol. The van der Waals surface area contributed by atoms with Gasteiger partial charge in [0, 0.05) is 22.3 Å². The Kier molecular flexibility index (Phi) is 10.5. The van der Waals surface area contributed by atoms with Crippen LogP contribution < -0.4 is 0 Å². The van der Waals surface area contributed by atoms with E-state index in [1.807, 2.05) is 146 Å². The van der Waals surface area contributed by atoms with Gasteiger partial charge in [-0.25, -0.2) is 0 Å². The molecule has 11 rings (SSSR count). The largest absolute Gasteiger partial charge is 0.376 e. The minimum atomic E-state index is -1.53. The predicted molar refractivity (Wildman–Crippen MR) is 273 cm³/mol. The van der Waals surface area contributed by atoms with E-state index in [4.69, 9.17) is 0 Å². The van der Waals surface area contributed by atoms with Crippen LogP contribution in [-0.4, -0.2) is 10.2 Å². The average molecular weight is 847 g/mol. The highest BCUT2D eigenvalue weighted by atomic mass is 16.3. The number of allylic oxidation sites excluding steroid dienone is 4. The van der Waals surface area contributed by atoms with Crippen molar-refractivity contribution in [1.29, 1.82) is 0 Å². The second-order valence-corrected chi connectivity index (χ2v) is 16.9. The molecule has 2 atom stereocenters. The van der Waals surface area contributed by atoms with Crippen LogP contribution in [-0.2, 0) is 11.2 Å². The minimum Gasteiger partial charge on any atom is -0.376 e. The first-order chi connectivity index (χ1) is 32.6. The van der Waals surface area contributed by atoms with Crippen molar-refractivity contribution in [2.45, 2.75) is 11.2 Å². The Bertz CT molecular complexity index is 3060. The molecule has 0 spiro atoms. The number of rotatable bonds is 10. The molecule has 0 aromatic heterocycles. The Morgan fingerprint density at radius 1 is 0.182 bits per heavy atom. The molecule has 2 unspecified atom stereocenters. The van der Waals surface area contributed by atoms with Crippen molar-refractivity contribution in [2.24, 2.45) is 0 Å². The Morgan fingerprint density at radius 2 is 0.348 bits per heavy atom. The molecule has 0 heterocycles. The average Bonchev–Trinajstić information content (AvgIpc) is 3.85. The molecule has 2 aliphatic carbocycles. The van der Waals surface area contributed by atoms with Crippen molar-refractivity contribution in [3.05, 3.63) is 323 Å². The standard InChI is InChI=1S/C64H46O2/c65-63(53-37-21-7-22-38-53)59(49-29-13-3-14-30-49)55(45-25-9-1-10-26-45)57(61(63)51-33-17-5-18-34-51)47-41-43-48(44-42-47)58-56(46-27-11-2-12-28-46)60(50-31-15-4-16-32-50)64(66,54-39-23-8-24-40-54)62(58)52-35-19-6-20-36-52/h1-44,65-66H. The van der Waals surface area contributed by atoms with Crippen LogP contribution >= 0.6 is 0 Å². The first-order valence-electron chi connectivity index (χ1n) is 22.6. The molecule has 0 bridgehead atoms. The quantitative estimate of drug-likeness (QED) is 0.144. The fraction of sp³-hybridized carbons (Fsp3) is 0.0312. The van der Waals surface area contributed by atoms with Crippen molar-refractivity contribution in [2.75, 3.05) is 0 Å². The summed E-state index contributed by atoms with van der Waals surface area (Å²) in [4.78, 5) is 0. The van der Waals surface area contributed by atoms with Gasteiger partial charge in [-0.05, 0) is 77.9 Å². The molecule has 0 saturated carbocycles. The predicted octanol–water partition coefficient (Wildman–Crippen LogP) is 14.5. The van der Waals surface area contributed by atoms with Crippen molar-refractivity contribution in [3.63, 3.8) is 0 Å². The molecule has 2 N–H and O–H groups in total. The maximum absolute atomic E-state index is 13.9. The Morgan fingerprint density at radius 3 is 0.561 bits per heavy atom. The molecule has 2 aliphatic rings. The zero-order valence-corrected chi connectivity index (χ0v) is 36.3. The Hall–Kier alpha value is -8.14. The van der Waals surface area contributed by atoms with Crippen LogP contribution in [0.4, 0.5) is 0 Å². The van der Waals surface area contributed by atoms with Crippen molar-refractivity contribution in [1.82, 2.24) is 0 Å². The molecule has 0 aliphatic heterocycles. The summed E-state index contributed by atoms with van der Waals surface area (Å²) in [6.45, 7) is 0. The van der Waals surface area contributed by atoms with E-state index in [1.165, 1.54) is 0 Å². The van der Waals surface area contributed by atoms with Crippen molar-refractivity contribution >= 4 is 44.6 Å². The molecule has 0 radical (unpaired) electrons. The Balaban J connectivity index is 1.23. The van der Waals surface area contributed by atoms with Crippen LogP contribution in [0.5, 0.6) is 0 Å². The topological polar surface area (TPSA) is 40.5 Å². The van der Waals surface area contributed by atoms with Gasteiger partial charge in [0.05, 0.1) is 0 Å². The summed E-state index contributed by atoms with van der Waals surface area (Å²) >= 11 is 0. The molecule has 314 valence electrons. The summed E-state index contributed by atoms with van der Waals surface area (Å²) < 4.78 is 0. The molecule has 0 amide bonds. The summed E-state index contributed by atoms with van der Waals surface area (Å²) in [6, 6.07) is 91.2. The summed E-state index contributed by atoms with van der Waals surface area (Å²) in [6.07, 6.45) is 0. The highest BCUT2D eigenvalue weighted by molar-refractivity contribution is 6.32. The van der Waals surface area contributed by atoms with E-state index in [2.05, 4.69) is 121 Å². The van der Waals surface area contributed by atoms with Gasteiger partial charge in [0.2, 0.25) is 0 Å². The smallest absolute Gasteiger partial charge is 0.142 e. The van der Waals surface area contributed by atoms with Crippen LogP contribution in [0.15, 0.2) is 267 Å².